The summed E-state index contributed by atoms with van der Waals surface area (Å²) in [6.45, 7) is 3.83. The molecule has 2 aliphatic heterocycles. The summed E-state index contributed by atoms with van der Waals surface area (Å²) in [6.07, 6.45) is 2.41. The number of carbonyl (C=O) groups excluding carboxylic acids is 2. The third-order valence-electron chi connectivity index (χ3n) is 3.70. The van der Waals surface area contributed by atoms with E-state index < -0.39 is 0 Å². The van der Waals surface area contributed by atoms with E-state index in [1.165, 1.54) is 0 Å². The summed E-state index contributed by atoms with van der Waals surface area (Å²) in [7, 11) is 2.11. The van der Waals surface area contributed by atoms with Crippen molar-refractivity contribution in [1.29, 1.82) is 0 Å². The molecule has 0 saturated carbocycles. The molecule has 0 spiro atoms. The van der Waals surface area contributed by atoms with Crippen molar-refractivity contribution in [2.24, 2.45) is 0 Å². The second kappa shape index (κ2) is 3.93. The minimum absolute atomic E-state index is 0.207. The maximum absolute atomic E-state index is 11.6. The van der Waals surface area contributed by atoms with E-state index in [9.17, 15) is 9.59 Å². The minimum atomic E-state index is -0.253. The average Bonchev–Trinajstić information content (AvgIpc) is 2.53. The first-order valence-corrected chi connectivity index (χ1v) is 5.63. The molecule has 0 bridgehead atoms. The first-order chi connectivity index (χ1) is 7.09. The summed E-state index contributed by atoms with van der Waals surface area (Å²) in [5.41, 5.74) is 0. The van der Waals surface area contributed by atoms with E-state index in [1.807, 2.05) is 0 Å². The van der Waals surface area contributed by atoms with Crippen LogP contribution in [0.15, 0.2) is 0 Å². The van der Waals surface area contributed by atoms with Crippen LogP contribution in [0.4, 0.5) is 0 Å². The smallest absolute Gasteiger partial charge is 0.290 e. The van der Waals surface area contributed by atoms with Crippen LogP contribution in [-0.4, -0.2) is 53.7 Å². The Morgan fingerprint density at radius 3 is 2.53 bits per heavy atom. The van der Waals surface area contributed by atoms with Gasteiger partial charge in [-0.1, -0.05) is 0 Å². The summed E-state index contributed by atoms with van der Waals surface area (Å²) in [4.78, 5) is 26.8. The van der Waals surface area contributed by atoms with Gasteiger partial charge in [0, 0.05) is 31.6 Å². The highest BCUT2D eigenvalue weighted by Crippen LogP contribution is 2.23. The maximum atomic E-state index is 11.6. The lowest BCUT2D eigenvalue weighted by molar-refractivity contribution is -0.141. The molecular formula is C11H18N2O2. The molecule has 0 aliphatic carbocycles. The Balaban J connectivity index is 2.00. The second-order valence-electron chi connectivity index (χ2n) is 4.68. The van der Waals surface area contributed by atoms with Crippen molar-refractivity contribution in [2.45, 2.75) is 38.3 Å². The number of amides is 1. The van der Waals surface area contributed by atoms with E-state index in [0.717, 1.165) is 19.4 Å². The molecule has 2 heterocycles. The van der Waals surface area contributed by atoms with Crippen LogP contribution in [0.25, 0.3) is 0 Å². The van der Waals surface area contributed by atoms with Crippen LogP contribution in [0.2, 0.25) is 0 Å². The Hall–Kier alpha value is -0.900. The number of Topliss-reactive ketones (excluding diaryl/α,β-unsaturated/α-hetero) is 1. The SMILES string of the molecule is CC1CC(N2CCC(=O)C2=O)CCN1C. The quantitative estimate of drug-likeness (QED) is 0.583. The Kier molecular flexibility index (Phi) is 2.78. The minimum Gasteiger partial charge on any atom is -0.333 e. The predicted octanol–water partition coefficient (Wildman–Crippen LogP) is 0.270. The fourth-order valence-electron chi connectivity index (χ4n) is 2.49. The van der Waals surface area contributed by atoms with Gasteiger partial charge in [0.25, 0.3) is 5.91 Å². The van der Waals surface area contributed by atoms with Crippen molar-refractivity contribution in [3.63, 3.8) is 0 Å². The third-order valence-corrected chi connectivity index (χ3v) is 3.70. The lowest BCUT2D eigenvalue weighted by Crippen LogP contribution is -2.48. The topological polar surface area (TPSA) is 40.6 Å². The van der Waals surface area contributed by atoms with E-state index in [1.54, 1.807) is 4.90 Å². The monoisotopic (exact) mass is 210 g/mol. The van der Waals surface area contributed by atoms with Gasteiger partial charge in [-0.25, -0.2) is 0 Å². The van der Waals surface area contributed by atoms with Gasteiger partial charge in [-0.05, 0) is 26.8 Å². The van der Waals surface area contributed by atoms with Gasteiger partial charge in [-0.15, -0.1) is 0 Å². The summed E-state index contributed by atoms with van der Waals surface area (Å²) in [6, 6.07) is 0.794. The molecule has 84 valence electrons. The number of carbonyl (C=O) groups is 2. The highest BCUT2D eigenvalue weighted by Gasteiger charge is 2.36. The Morgan fingerprint density at radius 1 is 1.27 bits per heavy atom. The third kappa shape index (κ3) is 1.91. The van der Waals surface area contributed by atoms with Gasteiger partial charge in [0.1, 0.15) is 0 Å². The molecule has 0 radical (unpaired) electrons. The zero-order chi connectivity index (χ0) is 11.0. The van der Waals surface area contributed by atoms with Crippen LogP contribution < -0.4 is 0 Å². The highest BCUT2D eigenvalue weighted by atomic mass is 16.2. The zero-order valence-electron chi connectivity index (χ0n) is 9.40. The lowest BCUT2D eigenvalue weighted by atomic mass is 9.98. The largest absolute Gasteiger partial charge is 0.333 e. The van der Waals surface area contributed by atoms with Gasteiger partial charge in [0.2, 0.25) is 5.78 Å². The molecule has 0 aromatic heterocycles. The van der Waals surface area contributed by atoms with Crippen molar-refractivity contribution in [1.82, 2.24) is 9.80 Å². The Bertz CT molecular complexity index is 290. The molecule has 2 aliphatic rings. The fourth-order valence-corrected chi connectivity index (χ4v) is 2.49. The first-order valence-electron chi connectivity index (χ1n) is 5.63. The van der Waals surface area contributed by atoms with Crippen LogP contribution in [-0.2, 0) is 9.59 Å². The Labute approximate surface area is 90.2 Å². The van der Waals surface area contributed by atoms with Crippen LogP contribution in [0, 0.1) is 0 Å². The van der Waals surface area contributed by atoms with Crippen LogP contribution in [0.3, 0.4) is 0 Å². The van der Waals surface area contributed by atoms with Crippen molar-refractivity contribution in [3.05, 3.63) is 0 Å². The van der Waals surface area contributed by atoms with Gasteiger partial charge in [0.05, 0.1) is 0 Å². The zero-order valence-corrected chi connectivity index (χ0v) is 9.40. The summed E-state index contributed by atoms with van der Waals surface area (Å²) < 4.78 is 0. The van der Waals surface area contributed by atoms with Crippen molar-refractivity contribution in [2.75, 3.05) is 20.1 Å². The molecule has 0 N–H and O–H groups in total. The molecule has 15 heavy (non-hydrogen) atoms. The highest BCUT2D eigenvalue weighted by molar-refractivity contribution is 6.37. The average molecular weight is 210 g/mol. The number of ketones is 1. The molecule has 2 saturated heterocycles. The Morgan fingerprint density at radius 2 is 2.00 bits per heavy atom. The molecular weight excluding hydrogens is 192 g/mol. The van der Waals surface area contributed by atoms with Gasteiger partial charge in [-0.3, -0.25) is 9.59 Å². The van der Waals surface area contributed by atoms with Crippen molar-refractivity contribution >= 4 is 11.7 Å². The van der Waals surface area contributed by atoms with E-state index in [2.05, 4.69) is 18.9 Å². The number of rotatable bonds is 1. The van der Waals surface area contributed by atoms with Gasteiger partial charge in [0.15, 0.2) is 0 Å². The standard InChI is InChI=1S/C11H18N2O2/c1-8-7-9(3-5-12(8)2)13-6-4-10(14)11(13)15/h8-9H,3-7H2,1-2H3. The number of likely N-dealkylation sites (tertiary alicyclic amines) is 2. The van der Waals surface area contributed by atoms with Crippen LogP contribution in [0.5, 0.6) is 0 Å². The van der Waals surface area contributed by atoms with Gasteiger partial charge in [-0.2, -0.15) is 0 Å². The van der Waals surface area contributed by atoms with Crippen molar-refractivity contribution in [3.8, 4) is 0 Å². The van der Waals surface area contributed by atoms with Gasteiger partial charge >= 0.3 is 0 Å². The molecule has 2 unspecified atom stereocenters. The summed E-state index contributed by atoms with van der Waals surface area (Å²) >= 11 is 0. The molecule has 1 amide bonds. The van der Waals surface area contributed by atoms with Crippen LogP contribution in [0.1, 0.15) is 26.2 Å². The van der Waals surface area contributed by atoms with Crippen LogP contribution >= 0.6 is 0 Å². The van der Waals surface area contributed by atoms with Gasteiger partial charge < -0.3 is 9.80 Å². The summed E-state index contributed by atoms with van der Waals surface area (Å²) in [5.74, 6) is -0.460. The molecule has 2 rings (SSSR count). The number of nitrogens with zero attached hydrogens (tertiary/aromatic N) is 2. The molecule has 2 atom stereocenters. The van der Waals surface area contributed by atoms with E-state index in [4.69, 9.17) is 0 Å². The van der Waals surface area contributed by atoms with E-state index in [0.29, 0.717) is 19.0 Å². The first kappa shape index (κ1) is 10.6. The fraction of sp³-hybridized carbons (Fsp3) is 0.818. The molecule has 0 aromatic rings. The normalized spacial score (nSPS) is 33.9. The lowest BCUT2D eigenvalue weighted by Gasteiger charge is -2.38. The number of piperidine rings is 1. The van der Waals surface area contributed by atoms with Crippen molar-refractivity contribution < 1.29 is 9.59 Å². The number of hydrogen-bond acceptors (Lipinski definition) is 3. The molecule has 2 fully saturated rings. The molecule has 0 aromatic carbocycles. The number of hydrogen-bond donors (Lipinski definition) is 0. The molecule has 4 nitrogen and oxygen atoms in total. The van der Waals surface area contributed by atoms with E-state index in [-0.39, 0.29) is 17.7 Å². The maximum Gasteiger partial charge on any atom is 0.290 e. The van der Waals surface area contributed by atoms with E-state index >= 15 is 0 Å². The molecule has 4 heteroatoms. The predicted molar refractivity (Wildman–Crippen MR) is 56.5 cm³/mol. The summed E-state index contributed by atoms with van der Waals surface area (Å²) in [5, 5.41) is 0. The second-order valence-corrected chi connectivity index (χ2v) is 4.68.